The zero-order valence-electron chi connectivity index (χ0n) is 13.7. The van der Waals surface area contributed by atoms with E-state index in [0.717, 1.165) is 17.9 Å². The quantitative estimate of drug-likeness (QED) is 0.626. The molecule has 0 bridgehead atoms. The molecule has 1 saturated heterocycles. The van der Waals surface area contributed by atoms with E-state index in [1.165, 1.54) is 31.7 Å². The summed E-state index contributed by atoms with van der Waals surface area (Å²) in [4.78, 5) is 11.6. The third kappa shape index (κ3) is 2.55. The lowest BCUT2D eigenvalue weighted by atomic mass is 9.72. The van der Waals surface area contributed by atoms with Crippen LogP contribution in [0, 0.1) is 23.7 Å². The predicted molar refractivity (Wildman–Crippen MR) is 88.7 cm³/mol. The van der Waals surface area contributed by atoms with Crippen LogP contribution in [0.25, 0.3) is 0 Å². The Balaban J connectivity index is 1.68. The Bertz CT molecular complexity index is 646. The SMILES string of the molecule is O=C(O)C1CC2C3CCCCC3CC2C(c2ccc(O)c(O)c2)N1. The first-order valence-corrected chi connectivity index (χ1v) is 9.05. The van der Waals surface area contributed by atoms with Gasteiger partial charge in [-0.2, -0.15) is 0 Å². The maximum atomic E-state index is 11.6. The maximum Gasteiger partial charge on any atom is 0.320 e. The predicted octanol–water partition coefficient (Wildman–Crippen LogP) is 3.03. The van der Waals surface area contributed by atoms with E-state index in [1.54, 1.807) is 12.1 Å². The van der Waals surface area contributed by atoms with E-state index in [1.807, 2.05) is 0 Å². The van der Waals surface area contributed by atoms with E-state index < -0.39 is 12.0 Å². The number of phenols is 2. The van der Waals surface area contributed by atoms with Crippen molar-refractivity contribution in [1.82, 2.24) is 5.32 Å². The van der Waals surface area contributed by atoms with Crippen LogP contribution in [-0.4, -0.2) is 27.3 Å². The Morgan fingerprint density at radius 3 is 2.54 bits per heavy atom. The van der Waals surface area contributed by atoms with Crippen LogP contribution in [0.1, 0.15) is 50.1 Å². The fourth-order valence-corrected chi connectivity index (χ4v) is 5.60. The van der Waals surface area contributed by atoms with E-state index in [2.05, 4.69) is 5.32 Å². The largest absolute Gasteiger partial charge is 0.504 e. The molecule has 1 aromatic rings. The lowest BCUT2D eigenvalue weighted by Crippen LogP contribution is -2.49. The number of aliphatic carboxylic acids is 1. The number of carboxylic acids is 1. The number of hydrogen-bond donors (Lipinski definition) is 4. The third-order valence-corrected chi connectivity index (χ3v) is 6.62. The van der Waals surface area contributed by atoms with Gasteiger partial charge in [0.25, 0.3) is 0 Å². The van der Waals surface area contributed by atoms with Gasteiger partial charge in [-0.15, -0.1) is 0 Å². The molecule has 4 N–H and O–H groups in total. The van der Waals surface area contributed by atoms with Gasteiger partial charge < -0.3 is 15.3 Å². The Morgan fingerprint density at radius 1 is 1.00 bits per heavy atom. The molecule has 5 heteroatoms. The fraction of sp³-hybridized carbons (Fsp3) is 0.632. The summed E-state index contributed by atoms with van der Waals surface area (Å²) < 4.78 is 0. The highest BCUT2D eigenvalue weighted by Crippen LogP contribution is 2.56. The molecule has 0 amide bonds. The highest BCUT2D eigenvalue weighted by Gasteiger charge is 2.51. The van der Waals surface area contributed by atoms with Crippen molar-refractivity contribution in [3.8, 4) is 11.5 Å². The van der Waals surface area contributed by atoms with E-state index in [4.69, 9.17) is 0 Å². The Hall–Kier alpha value is -1.75. The highest BCUT2D eigenvalue weighted by atomic mass is 16.4. The molecule has 1 heterocycles. The zero-order valence-corrected chi connectivity index (χ0v) is 13.7. The van der Waals surface area contributed by atoms with Crippen LogP contribution in [-0.2, 0) is 4.79 Å². The summed E-state index contributed by atoms with van der Waals surface area (Å²) in [7, 11) is 0. The monoisotopic (exact) mass is 331 g/mol. The number of piperidine rings is 1. The van der Waals surface area contributed by atoms with E-state index >= 15 is 0 Å². The van der Waals surface area contributed by atoms with Crippen molar-refractivity contribution in [1.29, 1.82) is 0 Å². The van der Waals surface area contributed by atoms with E-state index in [-0.39, 0.29) is 17.5 Å². The number of carboxylic acid groups (broad SMARTS) is 1. The molecule has 0 radical (unpaired) electrons. The average Bonchev–Trinajstić information content (AvgIpc) is 2.95. The van der Waals surface area contributed by atoms with Crippen LogP contribution < -0.4 is 5.32 Å². The standard InChI is InChI=1S/C19H25NO4/c21-16-6-5-11(8-17(16)22)18-14-7-10-3-1-2-4-12(10)13(14)9-15(20-18)19(23)24/h5-6,8,10,12-15,18,20-22H,1-4,7,9H2,(H,23,24). The van der Waals surface area contributed by atoms with E-state index in [0.29, 0.717) is 24.2 Å². The number of rotatable bonds is 2. The molecule has 130 valence electrons. The van der Waals surface area contributed by atoms with Crippen molar-refractivity contribution in [2.45, 2.75) is 50.6 Å². The Labute approximate surface area is 141 Å². The number of nitrogens with one attached hydrogen (secondary N) is 1. The molecule has 5 nitrogen and oxygen atoms in total. The summed E-state index contributed by atoms with van der Waals surface area (Å²) >= 11 is 0. The molecule has 0 aromatic heterocycles. The van der Waals surface area contributed by atoms with Crippen LogP contribution in [0.5, 0.6) is 11.5 Å². The van der Waals surface area contributed by atoms with Gasteiger partial charge >= 0.3 is 5.97 Å². The molecule has 3 aliphatic rings. The van der Waals surface area contributed by atoms with Crippen molar-refractivity contribution in [3.63, 3.8) is 0 Å². The second kappa shape index (κ2) is 5.96. The van der Waals surface area contributed by atoms with Gasteiger partial charge in [0.15, 0.2) is 11.5 Å². The number of carbonyl (C=O) groups is 1. The van der Waals surface area contributed by atoms with Gasteiger partial charge in [-0.25, -0.2) is 0 Å². The number of fused-ring (bicyclic) bond motifs is 3. The molecule has 0 spiro atoms. The molecular weight excluding hydrogens is 306 g/mol. The summed E-state index contributed by atoms with van der Waals surface area (Å²) in [6.07, 6.45) is 6.90. The molecule has 3 fully saturated rings. The number of phenolic OH excluding ortho intramolecular Hbond substituents is 2. The summed E-state index contributed by atoms with van der Waals surface area (Å²) in [6, 6.07) is 4.27. The molecule has 1 aliphatic heterocycles. The second-order valence-electron chi connectivity index (χ2n) is 7.79. The van der Waals surface area contributed by atoms with Crippen LogP contribution >= 0.6 is 0 Å². The van der Waals surface area contributed by atoms with E-state index in [9.17, 15) is 20.1 Å². The van der Waals surface area contributed by atoms with Crippen LogP contribution in [0.15, 0.2) is 18.2 Å². The number of benzene rings is 1. The maximum absolute atomic E-state index is 11.6. The molecule has 2 aliphatic carbocycles. The first kappa shape index (κ1) is 15.8. The molecule has 1 aromatic carbocycles. The van der Waals surface area contributed by atoms with Gasteiger partial charge in [0.05, 0.1) is 0 Å². The Kier molecular flexibility index (Phi) is 3.91. The fourth-order valence-electron chi connectivity index (χ4n) is 5.60. The highest BCUT2D eigenvalue weighted by molar-refractivity contribution is 5.73. The second-order valence-corrected chi connectivity index (χ2v) is 7.79. The van der Waals surface area contributed by atoms with Crippen LogP contribution in [0.4, 0.5) is 0 Å². The summed E-state index contributed by atoms with van der Waals surface area (Å²) in [5.41, 5.74) is 0.880. The minimum Gasteiger partial charge on any atom is -0.504 e. The summed E-state index contributed by atoms with van der Waals surface area (Å²) in [5.74, 6) is 1.16. The van der Waals surface area contributed by atoms with Crippen LogP contribution in [0.2, 0.25) is 0 Å². The Morgan fingerprint density at radius 2 is 1.79 bits per heavy atom. The molecule has 2 saturated carbocycles. The first-order valence-electron chi connectivity index (χ1n) is 9.05. The van der Waals surface area contributed by atoms with Gasteiger partial charge in [0.1, 0.15) is 6.04 Å². The van der Waals surface area contributed by atoms with Gasteiger partial charge in [0.2, 0.25) is 0 Å². The summed E-state index contributed by atoms with van der Waals surface area (Å²) in [6.45, 7) is 0. The average molecular weight is 331 g/mol. The van der Waals surface area contributed by atoms with Crippen molar-refractivity contribution in [2.75, 3.05) is 0 Å². The van der Waals surface area contributed by atoms with Gasteiger partial charge in [-0.3, -0.25) is 10.1 Å². The van der Waals surface area contributed by atoms with Crippen molar-refractivity contribution in [3.05, 3.63) is 23.8 Å². The van der Waals surface area contributed by atoms with Gasteiger partial charge in [-0.05, 0) is 60.6 Å². The molecule has 6 unspecified atom stereocenters. The first-order chi connectivity index (χ1) is 11.5. The number of hydrogen-bond acceptors (Lipinski definition) is 4. The van der Waals surface area contributed by atoms with Crippen LogP contribution in [0.3, 0.4) is 0 Å². The summed E-state index contributed by atoms with van der Waals surface area (Å²) in [5, 5.41) is 32.3. The minimum absolute atomic E-state index is 0.0676. The molecule has 4 rings (SSSR count). The van der Waals surface area contributed by atoms with Gasteiger partial charge in [0, 0.05) is 6.04 Å². The topological polar surface area (TPSA) is 89.8 Å². The number of aromatic hydroxyl groups is 2. The van der Waals surface area contributed by atoms with Crippen molar-refractivity contribution < 1.29 is 20.1 Å². The molecular formula is C19H25NO4. The van der Waals surface area contributed by atoms with Crippen molar-refractivity contribution >= 4 is 5.97 Å². The molecule has 6 atom stereocenters. The zero-order chi connectivity index (χ0) is 16.8. The lowest BCUT2D eigenvalue weighted by Gasteiger charge is -2.41. The van der Waals surface area contributed by atoms with Gasteiger partial charge in [-0.1, -0.05) is 25.3 Å². The molecule has 24 heavy (non-hydrogen) atoms. The minimum atomic E-state index is -0.791. The lowest BCUT2D eigenvalue weighted by molar-refractivity contribution is -0.141. The smallest absolute Gasteiger partial charge is 0.320 e. The van der Waals surface area contributed by atoms with Crippen molar-refractivity contribution in [2.24, 2.45) is 23.7 Å². The third-order valence-electron chi connectivity index (χ3n) is 6.62. The normalized spacial score (nSPS) is 38.3.